The second-order valence-corrected chi connectivity index (χ2v) is 5.68. The maximum atomic E-state index is 10.9. The zero-order valence-electron chi connectivity index (χ0n) is 10.9. The quantitative estimate of drug-likeness (QED) is 0.580. The number of aromatic nitrogens is 1. The van der Waals surface area contributed by atoms with E-state index in [0.717, 1.165) is 25.9 Å². The molecular formula is C12H17Cl2N5O. The van der Waals surface area contributed by atoms with Gasteiger partial charge in [-0.3, -0.25) is 4.79 Å². The maximum absolute atomic E-state index is 10.9. The minimum atomic E-state index is -0.249. The molecule has 1 saturated heterocycles. The van der Waals surface area contributed by atoms with Crippen LogP contribution in [0.3, 0.4) is 0 Å². The smallest absolute Gasteiger partial charge is 0.217 e. The van der Waals surface area contributed by atoms with E-state index in [2.05, 4.69) is 15.3 Å². The first-order valence-electron chi connectivity index (χ1n) is 6.37. The summed E-state index contributed by atoms with van der Waals surface area (Å²) in [6.45, 7) is 1.55. The Morgan fingerprint density at radius 2 is 2.05 bits per heavy atom. The Morgan fingerprint density at radius 1 is 1.40 bits per heavy atom. The van der Waals surface area contributed by atoms with Crippen LogP contribution in [0.5, 0.6) is 0 Å². The molecule has 0 aliphatic carbocycles. The van der Waals surface area contributed by atoms with Gasteiger partial charge in [-0.2, -0.15) is 0 Å². The lowest BCUT2D eigenvalue weighted by Crippen LogP contribution is -2.35. The van der Waals surface area contributed by atoms with Crippen molar-refractivity contribution in [3.63, 3.8) is 0 Å². The number of carbonyl (C=O) groups excluding carboxylic acids is 1. The van der Waals surface area contributed by atoms with Crippen LogP contribution in [0.2, 0.25) is 10.0 Å². The highest BCUT2D eigenvalue weighted by Gasteiger charge is 2.23. The van der Waals surface area contributed by atoms with Gasteiger partial charge in [0.1, 0.15) is 5.82 Å². The van der Waals surface area contributed by atoms with E-state index in [9.17, 15) is 4.79 Å². The fourth-order valence-electron chi connectivity index (χ4n) is 2.41. The summed E-state index contributed by atoms with van der Waals surface area (Å²) in [4.78, 5) is 17.3. The Kier molecular flexibility index (Phi) is 4.91. The first-order chi connectivity index (χ1) is 9.51. The molecule has 20 heavy (non-hydrogen) atoms. The Labute approximate surface area is 127 Å². The number of nitrogens with one attached hydrogen (secondary N) is 1. The van der Waals surface area contributed by atoms with Crippen LogP contribution in [0.1, 0.15) is 19.3 Å². The molecule has 5 N–H and O–H groups in total. The van der Waals surface area contributed by atoms with Gasteiger partial charge in [0, 0.05) is 19.5 Å². The number of nitrogen functional groups attached to an aromatic ring is 1. The molecular weight excluding hydrogens is 301 g/mol. The molecule has 1 aliphatic rings. The number of nitrogens with zero attached hydrogens (tertiary/aromatic N) is 2. The lowest BCUT2D eigenvalue weighted by Gasteiger charge is -2.33. The molecule has 1 aromatic heterocycles. The summed E-state index contributed by atoms with van der Waals surface area (Å²) in [5, 5.41) is 0.868. The topological polar surface area (TPSA) is 97.3 Å². The highest BCUT2D eigenvalue weighted by molar-refractivity contribution is 6.37. The first kappa shape index (κ1) is 15.2. The Bertz CT molecular complexity index is 503. The molecule has 1 aromatic rings. The van der Waals surface area contributed by atoms with Gasteiger partial charge < -0.3 is 16.1 Å². The van der Waals surface area contributed by atoms with E-state index in [-0.39, 0.29) is 5.91 Å². The largest absolute Gasteiger partial charge is 0.370 e. The number of amides is 1. The van der Waals surface area contributed by atoms with Crippen LogP contribution in [-0.2, 0) is 4.79 Å². The van der Waals surface area contributed by atoms with E-state index in [1.807, 2.05) is 0 Å². The summed E-state index contributed by atoms with van der Waals surface area (Å²) >= 11 is 12.1. The van der Waals surface area contributed by atoms with Crippen LogP contribution in [0.15, 0.2) is 6.07 Å². The Hall–Kier alpha value is -1.24. The van der Waals surface area contributed by atoms with E-state index >= 15 is 0 Å². The summed E-state index contributed by atoms with van der Waals surface area (Å²) in [6.07, 6.45) is 2.20. The van der Waals surface area contributed by atoms with Crippen molar-refractivity contribution in [3.8, 4) is 0 Å². The fraction of sp³-hybridized carbons (Fsp3) is 0.500. The lowest BCUT2D eigenvalue weighted by molar-refractivity contribution is -0.119. The maximum Gasteiger partial charge on any atom is 0.217 e. The first-order valence-corrected chi connectivity index (χ1v) is 7.12. The molecule has 0 aromatic carbocycles. The van der Waals surface area contributed by atoms with Crippen molar-refractivity contribution in [2.75, 3.05) is 23.4 Å². The van der Waals surface area contributed by atoms with E-state index < -0.39 is 0 Å². The van der Waals surface area contributed by atoms with Crippen LogP contribution >= 0.6 is 23.2 Å². The highest BCUT2D eigenvalue weighted by atomic mass is 35.5. The standard InChI is InChI=1S/C12H17Cl2N5O/c13-8-6-9(14)12(17-11(8)18-16)19-3-1-7(2-4-19)5-10(15)20/h6-7H,1-5,16H2,(H2,15,20)(H,17,18). The number of piperidine rings is 1. The molecule has 0 spiro atoms. The van der Waals surface area contributed by atoms with Gasteiger partial charge in [0.15, 0.2) is 5.82 Å². The van der Waals surface area contributed by atoms with Gasteiger partial charge in [-0.25, -0.2) is 10.8 Å². The number of nitrogens with two attached hydrogens (primary N) is 2. The van der Waals surface area contributed by atoms with Crippen LogP contribution in [-0.4, -0.2) is 24.0 Å². The molecule has 0 saturated carbocycles. The van der Waals surface area contributed by atoms with Crippen molar-refractivity contribution in [2.24, 2.45) is 17.5 Å². The van der Waals surface area contributed by atoms with E-state index in [1.165, 1.54) is 0 Å². The molecule has 0 unspecified atom stereocenters. The van der Waals surface area contributed by atoms with Gasteiger partial charge >= 0.3 is 0 Å². The average Bonchev–Trinajstić information content (AvgIpc) is 2.39. The number of primary amides is 1. The second-order valence-electron chi connectivity index (χ2n) is 4.87. The van der Waals surface area contributed by atoms with E-state index in [4.69, 9.17) is 34.8 Å². The minimum Gasteiger partial charge on any atom is -0.370 e. The van der Waals surface area contributed by atoms with Crippen molar-refractivity contribution < 1.29 is 4.79 Å². The van der Waals surface area contributed by atoms with Gasteiger partial charge in [-0.15, -0.1) is 0 Å². The number of hydrazine groups is 1. The monoisotopic (exact) mass is 317 g/mol. The van der Waals surface area contributed by atoms with Crippen LogP contribution in [0, 0.1) is 5.92 Å². The summed E-state index contributed by atoms with van der Waals surface area (Å²) in [5.41, 5.74) is 7.67. The molecule has 110 valence electrons. The molecule has 2 heterocycles. The lowest BCUT2D eigenvalue weighted by atomic mass is 9.93. The van der Waals surface area contributed by atoms with Gasteiger partial charge in [0.05, 0.1) is 10.0 Å². The fourth-order valence-corrected chi connectivity index (χ4v) is 2.95. The Morgan fingerprint density at radius 3 is 2.60 bits per heavy atom. The summed E-state index contributed by atoms with van der Waals surface area (Å²) in [6, 6.07) is 1.62. The molecule has 1 aliphatic heterocycles. The SMILES string of the molecule is NNc1nc(N2CCC(CC(N)=O)CC2)c(Cl)cc1Cl. The molecule has 0 bridgehead atoms. The van der Waals surface area contributed by atoms with Crippen molar-refractivity contribution in [2.45, 2.75) is 19.3 Å². The third-order valence-electron chi connectivity index (χ3n) is 3.45. The van der Waals surface area contributed by atoms with Crippen LogP contribution < -0.4 is 21.9 Å². The van der Waals surface area contributed by atoms with Gasteiger partial charge in [-0.1, -0.05) is 23.2 Å². The number of anilines is 2. The van der Waals surface area contributed by atoms with Crippen LogP contribution in [0.25, 0.3) is 0 Å². The third-order valence-corrected chi connectivity index (χ3v) is 4.02. The van der Waals surface area contributed by atoms with Crippen LogP contribution in [0.4, 0.5) is 11.6 Å². The molecule has 6 nitrogen and oxygen atoms in total. The summed E-state index contributed by atoms with van der Waals surface area (Å²) < 4.78 is 0. The minimum absolute atomic E-state index is 0.249. The van der Waals surface area contributed by atoms with E-state index in [0.29, 0.717) is 34.0 Å². The zero-order valence-corrected chi connectivity index (χ0v) is 12.4. The van der Waals surface area contributed by atoms with Crippen molar-refractivity contribution >= 4 is 40.7 Å². The number of hydrogen-bond acceptors (Lipinski definition) is 5. The normalized spacial score (nSPS) is 16.2. The third kappa shape index (κ3) is 3.45. The molecule has 0 atom stereocenters. The summed E-state index contributed by atoms with van der Waals surface area (Å²) in [7, 11) is 0. The van der Waals surface area contributed by atoms with Crippen molar-refractivity contribution in [1.29, 1.82) is 0 Å². The average molecular weight is 318 g/mol. The van der Waals surface area contributed by atoms with Gasteiger partial charge in [-0.05, 0) is 24.8 Å². The van der Waals surface area contributed by atoms with E-state index in [1.54, 1.807) is 6.07 Å². The highest BCUT2D eigenvalue weighted by Crippen LogP contribution is 2.33. The molecule has 8 heteroatoms. The Balaban J connectivity index is 2.08. The number of pyridine rings is 1. The molecule has 1 amide bonds. The molecule has 1 fully saturated rings. The molecule has 0 radical (unpaired) electrons. The number of carbonyl (C=O) groups is 1. The number of hydrogen-bond donors (Lipinski definition) is 3. The predicted molar refractivity (Wildman–Crippen MR) is 80.8 cm³/mol. The van der Waals surface area contributed by atoms with Gasteiger partial charge in [0.25, 0.3) is 0 Å². The van der Waals surface area contributed by atoms with Gasteiger partial charge in [0.2, 0.25) is 5.91 Å². The molecule has 2 rings (SSSR count). The summed E-state index contributed by atoms with van der Waals surface area (Å²) in [5.74, 6) is 6.50. The predicted octanol–water partition coefficient (Wildman–Crippen LogP) is 1.77. The van der Waals surface area contributed by atoms with Crippen molar-refractivity contribution in [3.05, 3.63) is 16.1 Å². The number of rotatable bonds is 4. The van der Waals surface area contributed by atoms with Crippen molar-refractivity contribution in [1.82, 2.24) is 4.98 Å². The number of halogens is 2. The second kappa shape index (κ2) is 6.47. The zero-order chi connectivity index (χ0) is 14.7.